The summed E-state index contributed by atoms with van der Waals surface area (Å²) < 4.78 is 8.87. The molecule has 1 unspecified atom stereocenters. The van der Waals surface area contributed by atoms with Crippen molar-refractivity contribution in [2.75, 3.05) is 14.1 Å². The van der Waals surface area contributed by atoms with Gasteiger partial charge in [-0.3, -0.25) is 19.1 Å². The third-order valence-electron chi connectivity index (χ3n) is 3.39. The molecule has 0 bridgehead atoms. The lowest BCUT2D eigenvalue weighted by Gasteiger charge is -2.23. The average molecular weight is 361 g/mol. The van der Waals surface area contributed by atoms with Crippen LogP contribution < -0.4 is 0 Å². The molecule has 24 heavy (non-hydrogen) atoms. The van der Waals surface area contributed by atoms with E-state index in [-0.39, 0.29) is 13.7 Å². The van der Waals surface area contributed by atoms with Crippen LogP contribution in [0, 0.1) is 11.3 Å². The minimum Gasteiger partial charge on any atom is -0.357 e. The van der Waals surface area contributed by atoms with Crippen LogP contribution in [0.5, 0.6) is 0 Å². The highest BCUT2D eigenvalue weighted by atomic mass is 32.0. The normalized spacial score (nSPS) is 18.8. The van der Waals surface area contributed by atoms with Crippen molar-refractivity contribution in [3.05, 3.63) is 59.0 Å². The molecule has 2 amide bonds. The van der Waals surface area contributed by atoms with Gasteiger partial charge in [0.1, 0.15) is 11.6 Å². The van der Waals surface area contributed by atoms with Crippen molar-refractivity contribution in [3.8, 4) is 6.07 Å². The van der Waals surface area contributed by atoms with E-state index in [0.717, 1.165) is 10.5 Å². The van der Waals surface area contributed by atoms with Gasteiger partial charge < -0.3 is 4.90 Å². The summed E-state index contributed by atoms with van der Waals surface area (Å²) >= 11 is 0. The zero-order valence-electron chi connectivity index (χ0n) is 13.6. The van der Waals surface area contributed by atoms with Gasteiger partial charge in [-0.1, -0.05) is 6.08 Å². The Morgan fingerprint density at radius 2 is 1.71 bits per heavy atom. The molecule has 0 fully saturated rings. The van der Waals surface area contributed by atoms with Crippen LogP contribution in [0.15, 0.2) is 59.0 Å². The van der Waals surface area contributed by atoms with Gasteiger partial charge in [-0.15, -0.1) is 0 Å². The minimum absolute atomic E-state index is 0.0104. The lowest BCUT2D eigenvalue weighted by molar-refractivity contribution is -0.138. The first-order valence-corrected chi connectivity index (χ1v) is 9.27. The molecule has 2 heterocycles. The second-order valence-corrected chi connectivity index (χ2v) is 5.77. The number of imide groups is 1. The van der Waals surface area contributed by atoms with Gasteiger partial charge in [0.2, 0.25) is 0 Å². The fraction of sp³-hybridized carbons (Fsp3) is 0.188. The van der Waals surface area contributed by atoms with Crippen LogP contribution >= 0.6 is 17.1 Å². The highest BCUT2D eigenvalue weighted by molar-refractivity contribution is 7.96. The lowest BCUT2D eigenvalue weighted by atomic mass is 9.95. The summed E-state index contributed by atoms with van der Waals surface area (Å²) in [6.07, 6.45) is 11.0. The Morgan fingerprint density at radius 3 is 2.21 bits per heavy atom. The topological polar surface area (TPSA) is 81.5 Å². The molecule has 0 aliphatic carbocycles. The number of amides is 2. The summed E-state index contributed by atoms with van der Waals surface area (Å²) in [6, 6.07) is 1.87. The van der Waals surface area contributed by atoms with Crippen LogP contribution in [0.4, 0.5) is 0 Å². The van der Waals surface area contributed by atoms with Gasteiger partial charge in [0.25, 0.3) is 11.8 Å². The Bertz CT molecular complexity index is 739. The van der Waals surface area contributed by atoms with Gasteiger partial charge in [-0.05, 0) is 45.2 Å². The highest BCUT2D eigenvalue weighted by Gasteiger charge is 2.32. The van der Waals surface area contributed by atoms with Gasteiger partial charge in [0.15, 0.2) is 8.15 Å². The maximum Gasteiger partial charge on any atom is 0.271 e. The number of hydrogen-bond donors (Lipinski definition) is 0. The number of nitriles is 1. The number of allylic oxidation sites excluding steroid dienone is 5. The van der Waals surface area contributed by atoms with E-state index >= 15 is 0 Å². The molecule has 1 atom stereocenters. The van der Waals surface area contributed by atoms with E-state index in [2.05, 4.69) is 0 Å². The number of hydrogen-bond acceptors (Lipinski definition) is 5. The van der Waals surface area contributed by atoms with Gasteiger partial charge >= 0.3 is 0 Å². The van der Waals surface area contributed by atoms with Crippen molar-refractivity contribution in [3.63, 3.8) is 0 Å². The molecule has 0 aromatic carbocycles. The molecule has 0 aromatic rings. The third-order valence-corrected chi connectivity index (χ3v) is 3.39. The van der Waals surface area contributed by atoms with Crippen molar-refractivity contribution < 1.29 is 14.2 Å². The quantitative estimate of drug-likeness (QED) is 0.407. The fourth-order valence-corrected chi connectivity index (χ4v) is 2.03. The molecule has 6 nitrogen and oxygen atoms in total. The smallest absolute Gasteiger partial charge is 0.271 e. The summed E-state index contributed by atoms with van der Waals surface area (Å²) in [5.41, 5.74) is 1.72. The van der Waals surface area contributed by atoms with Gasteiger partial charge in [0, 0.05) is 32.1 Å². The molecule has 124 valence electrons. The van der Waals surface area contributed by atoms with Crippen LogP contribution in [0.25, 0.3) is 0 Å². The lowest BCUT2D eigenvalue weighted by Crippen LogP contribution is -2.39. The van der Waals surface area contributed by atoms with Crippen LogP contribution in [-0.2, 0) is 14.2 Å². The van der Waals surface area contributed by atoms with Gasteiger partial charge in [-0.2, -0.15) is 5.26 Å². The maximum atomic E-state index is 12.2. The molecule has 0 N–H and O–H groups in total. The summed E-state index contributed by atoms with van der Waals surface area (Å²) in [5, 5.41) is 9.06. The number of nitrogens with zero attached hydrogens (tertiary/aromatic N) is 3. The number of carbonyl (C=O) groups excluding carboxylic acids is 2. The summed E-state index contributed by atoms with van der Waals surface area (Å²) in [6.45, 7) is 1.62. The third kappa shape index (κ3) is 4.58. The Balaban J connectivity index is 0.000000891. The summed E-state index contributed by atoms with van der Waals surface area (Å²) in [5.74, 6) is -0.946. The first-order valence-electron chi connectivity index (χ1n) is 6.84. The van der Waals surface area contributed by atoms with E-state index < -0.39 is 11.8 Å². The minimum atomic E-state index is -0.552. The standard InChI is InChI=1S/C16H15N3O2.H2OP2/c1-11-13(5-4-12-6-8-18(2)9-7-12)15(20)19(3)16(21)14(11)10-17;1-3-2/h4-9H,1-3H3;2H2/b13-5-;. The van der Waals surface area contributed by atoms with Crippen LogP contribution in [0.2, 0.25) is 0 Å². The fourth-order valence-electron chi connectivity index (χ4n) is 2.03. The SMILES string of the molecule is CC1=C(C#N)C(=O)N(C)C(=O)/C1=C\C=C1C=CN(C)C=C1.O=PP. The highest BCUT2D eigenvalue weighted by Crippen LogP contribution is 2.24. The van der Waals surface area contributed by atoms with E-state index in [0.29, 0.717) is 11.1 Å². The summed E-state index contributed by atoms with van der Waals surface area (Å²) in [4.78, 5) is 26.8. The predicted octanol–water partition coefficient (Wildman–Crippen LogP) is 2.72. The van der Waals surface area contributed by atoms with Crippen LogP contribution in [0.3, 0.4) is 0 Å². The van der Waals surface area contributed by atoms with Crippen molar-refractivity contribution in [1.29, 1.82) is 5.26 Å². The van der Waals surface area contributed by atoms with E-state index in [1.54, 1.807) is 19.1 Å². The first-order chi connectivity index (χ1) is 11.4. The van der Waals surface area contributed by atoms with E-state index in [1.807, 2.05) is 51.5 Å². The van der Waals surface area contributed by atoms with Crippen molar-refractivity contribution >= 4 is 28.9 Å². The van der Waals surface area contributed by atoms with E-state index in [4.69, 9.17) is 9.83 Å². The molecule has 0 radical (unpaired) electrons. The molecule has 8 heteroatoms. The van der Waals surface area contributed by atoms with Gasteiger partial charge in [0.05, 0.1) is 0 Å². The second kappa shape index (κ2) is 9.08. The average Bonchev–Trinajstić information content (AvgIpc) is 2.56. The van der Waals surface area contributed by atoms with Crippen LogP contribution in [-0.4, -0.2) is 35.7 Å². The predicted molar refractivity (Wildman–Crippen MR) is 95.6 cm³/mol. The molecule has 2 rings (SSSR count). The zero-order valence-corrected chi connectivity index (χ0v) is 15.6. The van der Waals surface area contributed by atoms with E-state index in [1.165, 1.54) is 7.05 Å². The molecule has 0 aromatic heterocycles. The number of rotatable bonds is 1. The molecule has 0 spiro atoms. The molecular weight excluding hydrogens is 344 g/mol. The monoisotopic (exact) mass is 361 g/mol. The van der Waals surface area contributed by atoms with Crippen molar-refractivity contribution in [2.45, 2.75) is 6.92 Å². The molecule has 0 saturated heterocycles. The Labute approximate surface area is 144 Å². The van der Waals surface area contributed by atoms with Crippen LogP contribution in [0.1, 0.15) is 6.92 Å². The first kappa shape index (κ1) is 19.7. The second-order valence-electron chi connectivity index (χ2n) is 4.93. The van der Waals surface area contributed by atoms with Crippen molar-refractivity contribution in [1.82, 2.24) is 9.80 Å². The molecule has 0 saturated carbocycles. The van der Waals surface area contributed by atoms with Crippen molar-refractivity contribution in [2.24, 2.45) is 0 Å². The number of carbonyl (C=O) groups is 2. The Morgan fingerprint density at radius 1 is 1.17 bits per heavy atom. The molecule has 2 aliphatic heterocycles. The van der Waals surface area contributed by atoms with E-state index in [9.17, 15) is 9.59 Å². The Kier molecular flexibility index (Phi) is 7.45. The molecule has 2 aliphatic rings. The van der Waals surface area contributed by atoms with Gasteiger partial charge in [-0.25, -0.2) is 0 Å². The largest absolute Gasteiger partial charge is 0.357 e. The molecular formula is C16H17N3O3P2. The number of likely N-dealkylation sites (N-methyl/N-ethyl adjacent to an activating group) is 1. The zero-order chi connectivity index (χ0) is 18.3. The summed E-state index contributed by atoms with van der Waals surface area (Å²) in [7, 11) is 5.37. The Hall–Kier alpha value is -2.34. The maximum absolute atomic E-state index is 12.2.